The lowest BCUT2D eigenvalue weighted by Crippen LogP contribution is -2.44. The zero-order valence-corrected chi connectivity index (χ0v) is 14.8. The number of ether oxygens (including phenoxy) is 1. The molecule has 0 aliphatic carbocycles. The van der Waals surface area contributed by atoms with Gasteiger partial charge in [0.1, 0.15) is 5.60 Å². The smallest absolute Gasteiger partial charge is 0.340 e. The molecule has 1 fully saturated rings. The third kappa shape index (κ3) is 4.82. The summed E-state index contributed by atoms with van der Waals surface area (Å²) in [5, 5.41) is 6.71. The number of nitrogens with zero attached hydrogens (tertiary/aromatic N) is 2. The fraction of sp³-hybridized carbons (Fsp3) is 0.647. The Kier molecular flexibility index (Phi) is 5.46. The van der Waals surface area contributed by atoms with Gasteiger partial charge in [0.25, 0.3) is 0 Å². The summed E-state index contributed by atoms with van der Waals surface area (Å²) < 4.78 is 5.55. The Morgan fingerprint density at radius 3 is 2.57 bits per heavy atom. The largest absolute Gasteiger partial charge is 0.456 e. The number of anilines is 2. The van der Waals surface area contributed by atoms with Crippen molar-refractivity contribution in [3.8, 4) is 0 Å². The van der Waals surface area contributed by atoms with Crippen molar-refractivity contribution in [2.24, 2.45) is 0 Å². The van der Waals surface area contributed by atoms with Crippen molar-refractivity contribution in [3.63, 3.8) is 0 Å². The van der Waals surface area contributed by atoms with E-state index in [1.807, 2.05) is 34.6 Å². The second-order valence-corrected chi connectivity index (χ2v) is 7.10. The minimum absolute atomic E-state index is 0.196. The minimum Gasteiger partial charge on any atom is -0.456 e. The van der Waals surface area contributed by atoms with Crippen LogP contribution in [0.1, 0.15) is 45.0 Å². The van der Waals surface area contributed by atoms with E-state index >= 15 is 0 Å². The Bertz CT molecular complexity index is 546. The standard InChI is InChI=1S/C17H28N4O2/c1-12(2)20-14-13(16(22)23-17(3,4)5)6-7-19-15(14)21-10-8-18-9-11-21/h6-7,12,18,20H,8-11H2,1-5H3. The Morgan fingerprint density at radius 1 is 1.35 bits per heavy atom. The molecule has 1 aromatic rings. The van der Waals surface area contributed by atoms with Crippen LogP contribution >= 0.6 is 0 Å². The molecular weight excluding hydrogens is 292 g/mol. The van der Waals surface area contributed by atoms with Gasteiger partial charge >= 0.3 is 5.97 Å². The van der Waals surface area contributed by atoms with Crippen LogP contribution in [-0.2, 0) is 4.74 Å². The van der Waals surface area contributed by atoms with Gasteiger partial charge in [-0.3, -0.25) is 0 Å². The number of rotatable bonds is 4. The van der Waals surface area contributed by atoms with Crippen LogP contribution in [0.2, 0.25) is 0 Å². The van der Waals surface area contributed by atoms with E-state index in [0.717, 1.165) is 37.7 Å². The average molecular weight is 320 g/mol. The predicted molar refractivity (Wildman–Crippen MR) is 93.2 cm³/mol. The summed E-state index contributed by atoms with van der Waals surface area (Å²) >= 11 is 0. The van der Waals surface area contributed by atoms with Crippen molar-refractivity contribution in [2.45, 2.75) is 46.3 Å². The summed E-state index contributed by atoms with van der Waals surface area (Å²) in [6.07, 6.45) is 1.68. The zero-order valence-electron chi connectivity index (χ0n) is 14.8. The maximum absolute atomic E-state index is 12.6. The molecule has 128 valence electrons. The molecule has 1 aliphatic heterocycles. The number of nitrogens with one attached hydrogen (secondary N) is 2. The van der Waals surface area contributed by atoms with Gasteiger partial charge in [0.15, 0.2) is 5.82 Å². The van der Waals surface area contributed by atoms with Crippen LogP contribution in [0.4, 0.5) is 11.5 Å². The number of hydrogen-bond donors (Lipinski definition) is 2. The first kappa shape index (κ1) is 17.5. The Hall–Kier alpha value is -1.82. The van der Waals surface area contributed by atoms with E-state index in [1.165, 1.54) is 0 Å². The van der Waals surface area contributed by atoms with Gasteiger partial charge in [-0.1, -0.05) is 0 Å². The van der Waals surface area contributed by atoms with Gasteiger partial charge < -0.3 is 20.3 Å². The molecule has 0 aromatic carbocycles. The van der Waals surface area contributed by atoms with Crippen LogP contribution in [-0.4, -0.2) is 48.8 Å². The van der Waals surface area contributed by atoms with E-state index < -0.39 is 5.60 Å². The topological polar surface area (TPSA) is 66.5 Å². The van der Waals surface area contributed by atoms with Crippen molar-refractivity contribution >= 4 is 17.5 Å². The number of hydrogen-bond acceptors (Lipinski definition) is 6. The third-order valence-electron chi connectivity index (χ3n) is 3.40. The lowest BCUT2D eigenvalue weighted by molar-refractivity contribution is 0.00706. The van der Waals surface area contributed by atoms with E-state index in [0.29, 0.717) is 5.56 Å². The van der Waals surface area contributed by atoms with Gasteiger partial charge in [0, 0.05) is 38.4 Å². The normalized spacial score (nSPS) is 15.7. The van der Waals surface area contributed by atoms with Gasteiger partial charge in [-0.05, 0) is 40.7 Å². The van der Waals surface area contributed by atoms with Gasteiger partial charge in [0.2, 0.25) is 0 Å². The molecule has 6 nitrogen and oxygen atoms in total. The SMILES string of the molecule is CC(C)Nc1c(C(=O)OC(C)(C)C)ccnc1N1CCNCC1. The van der Waals surface area contributed by atoms with E-state index in [-0.39, 0.29) is 12.0 Å². The lowest BCUT2D eigenvalue weighted by atomic mass is 10.1. The highest BCUT2D eigenvalue weighted by molar-refractivity contribution is 5.98. The van der Waals surface area contributed by atoms with E-state index in [2.05, 4.69) is 20.5 Å². The molecule has 0 saturated carbocycles. The molecule has 6 heteroatoms. The van der Waals surface area contributed by atoms with Crippen LogP contribution in [0.15, 0.2) is 12.3 Å². The van der Waals surface area contributed by atoms with Crippen molar-refractivity contribution in [2.75, 3.05) is 36.4 Å². The number of pyridine rings is 1. The van der Waals surface area contributed by atoms with Gasteiger partial charge in [0.05, 0.1) is 11.3 Å². The van der Waals surface area contributed by atoms with Crippen molar-refractivity contribution in [1.82, 2.24) is 10.3 Å². The van der Waals surface area contributed by atoms with Crippen LogP contribution in [0.5, 0.6) is 0 Å². The molecule has 0 bridgehead atoms. The van der Waals surface area contributed by atoms with E-state index in [4.69, 9.17) is 4.74 Å². The summed E-state index contributed by atoms with van der Waals surface area (Å²) in [5.41, 5.74) is 0.779. The molecular formula is C17H28N4O2. The first-order valence-electron chi connectivity index (χ1n) is 8.22. The Balaban J connectivity index is 2.38. The average Bonchev–Trinajstić information content (AvgIpc) is 2.46. The number of esters is 1. The number of piperazine rings is 1. The highest BCUT2D eigenvalue weighted by Gasteiger charge is 2.25. The molecule has 0 atom stereocenters. The summed E-state index contributed by atoms with van der Waals surface area (Å²) in [6.45, 7) is 13.3. The molecule has 0 radical (unpaired) electrons. The molecule has 1 aliphatic rings. The quantitative estimate of drug-likeness (QED) is 0.830. The maximum Gasteiger partial charge on any atom is 0.340 e. The molecule has 2 heterocycles. The van der Waals surface area contributed by atoms with Gasteiger partial charge in [-0.25, -0.2) is 9.78 Å². The molecule has 2 N–H and O–H groups in total. The molecule has 0 spiro atoms. The Morgan fingerprint density at radius 2 is 2.00 bits per heavy atom. The highest BCUT2D eigenvalue weighted by Crippen LogP contribution is 2.29. The summed E-state index contributed by atoms with van der Waals surface area (Å²) in [6, 6.07) is 1.92. The number of aromatic nitrogens is 1. The summed E-state index contributed by atoms with van der Waals surface area (Å²) in [7, 11) is 0. The van der Waals surface area contributed by atoms with Crippen LogP contribution in [0.3, 0.4) is 0 Å². The molecule has 2 rings (SSSR count). The van der Waals surface area contributed by atoms with E-state index in [9.17, 15) is 4.79 Å². The monoisotopic (exact) mass is 320 g/mol. The molecule has 0 amide bonds. The fourth-order valence-corrected chi connectivity index (χ4v) is 2.50. The van der Waals surface area contributed by atoms with Gasteiger partial charge in [-0.15, -0.1) is 0 Å². The van der Waals surface area contributed by atoms with Crippen molar-refractivity contribution < 1.29 is 9.53 Å². The minimum atomic E-state index is -0.523. The predicted octanol–water partition coefficient (Wildman–Crippen LogP) is 2.27. The van der Waals surface area contributed by atoms with Crippen molar-refractivity contribution in [1.29, 1.82) is 0 Å². The number of carbonyl (C=O) groups is 1. The number of carbonyl (C=O) groups excluding carboxylic acids is 1. The molecule has 0 unspecified atom stereocenters. The van der Waals surface area contributed by atoms with Gasteiger partial charge in [-0.2, -0.15) is 0 Å². The Labute approximate surface area is 138 Å². The first-order valence-corrected chi connectivity index (χ1v) is 8.22. The molecule has 1 aromatic heterocycles. The maximum atomic E-state index is 12.6. The second-order valence-electron chi connectivity index (χ2n) is 7.10. The van der Waals surface area contributed by atoms with Crippen LogP contribution in [0, 0.1) is 0 Å². The summed E-state index contributed by atoms with van der Waals surface area (Å²) in [5.74, 6) is 0.503. The summed E-state index contributed by atoms with van der Waals surface area (Å²) in [4.78, 5) is 19.3. The van der Waals surface area contributed by atoms with Crippen LogP contribution < -0.4 is 15.5 Å². The highest BCUT2D eigenvalue weighted by atomic mass is 16.6. The first-order chi connectivity index (χ1) is 10.8. The zero-order chi connectivity index (χ0) is 17.0. The fourth-order valence-electron chi connectivity index (χ4n) is 2.50. The molecule has 1 saturated heterocycles. The lowest BCUT2D eigenvalue weighted by Gasteiger charge is -2.31. The van der Waals surface area contributed by atoms with E-state index in [1.54, 1.807) is 12.3 Å². The third-order valence-corrected chi connectivity index (χ3v) is 3.40. The molecule has 23 heavy (non-hydrogen) atoms. The van der Waals surface area contributed by atoms with Crippen molar-refractivity contribution in [3.05, 3.63) is 17.8 Å². The van der Waals surface area contributed by atoms with Crippen LogP contribution in [0.25, 0.3) is 0 Å². The second kappa shape index (κ2) is 7.17.